The van der Waals surface area contributed by atoms with E-state index in [4.69, 9.17) is 0 Å². The second-order valence-corrected chi connectivity index (χ2v) is 7.71. The molecule has 0 fully saturated rings. The molecule has 2 aromatic heterocycles. The molecule has 1 atom stereocenters. The maximum absolute atomic E-state index is 13.3. The Morgan fingerprint density at radius 3 is 2.39 bits per heavy atom. The van der Waals surface area contributed by atoms with Gasteiger partial charge in [0.05, 0.1) is 22.5 Å². The van der Waals surface area contributed by atoms with Crippen LogP contribution in [0.1, 0.15) is 35.5 Å². The number of amides is 1. The number of rotatable bonds is 5. The van der Waals surface area contributed by atoms with Crippen molar-refractivity contribution in [1.29, 1.82) is 0 Å². The van der Waals surface area contributed by atoms with E-state index in [0.717, 1.165) is 22.5 Å². The zero-order valence-electron chi connectivity index (χ0n) is 18.1. The quantitative estimate of drug-likeness (QED) is 0.542. The molecule has 1 amide bonds. The molecule has 4 aromatic rings. The van der Waals surface area contributed by atoms with Crippen molar-refractivity contribution in [2.45, 2.75) is 40.3 Å². The molecular weight excluding hydrogens is 390 g/mol. The summed E-state index contributed by atoms with van der Waals surface area (Å²) in [5, 5.41) is 12.4. The van der Waals surface area contributed by atoms with Gasteiger partial charge >= 0.3 is 0 Å². The first-order chi connectivity index (χ1) is 14.9. The number of nitrogens with zero attached hydrogens (tertiary/aromatic N) is 4. The Labute approximate surface area is 180 Å². The highest BCUT2D eigenvalue weighted by atomic mass is 16.2. The Kier molecular flexibility index (Phi) is 5.42. The molecule has 0 radical (unpaired) electrons. The molecule has 0 saturated carbocycles. The first kappa shape index (κ1) is 20.5. The largest absolute Gasteiger partial charge is 0.350 e. The summed E-state index contributed by atoms with van der Waals surface area (Å²) in [7, 11) is 0. The third-order valence-electron chi connectivity index (χ3n) is 5.60. The normalized spacial score (nSPS) is 12.1. The molecule has 31 heavy (non-hydrogen) atoms. The number of fused-ring (bicyclic) bond motifs is 1. The summed E-state index contributed by atoms with van der Waals surface area (Å²) >= 11 is 0. The van der Waals surface area contributed by atoms with Crippen molar-refractivity contribution in [3.8, 4) is 5.69 Å². The van der Waals surface area contributed by atoms with E-state index in [2.05, 4.69) is 15.5 Å². The van der Waals surface area contributed by atoms with E-state index in [1.807, 2.05) is 68.4 Å². The standard InChI is InChI=1S/C24H25N5O2/c1-15-10-8-9-11-19(15)14-25-23(30)18(4)29-24(31)21-17(3)28(20-12-6-5-7-13-20)27-22(21)16(2)26-29/h5-13,18H,14H2,1-4H3,(H,25,30)/t18-/m0/s1. The van der Waals surface area contributed by atoms with Crippen LogP contribution in [0.4, 0.5) is 0 Å². The minimum absolute atomic E-state index is 0.260. The first-order valence-electron chi connectivity index (χ1n) is 10.2. The summed E-state index contributed by atoms with van der Waals surface area (Å²) in [5.41, 5.74) is 4.56. The predicted molar refractivity (Wildman–Crippen MR) is 120 cm³/mol. The lowest BCUT2D eigenvalue weighted by atomic mass is 10.1. The van der Waals surface area contributed by atoms with Crippen LogP contribution in [-0.2, 0) is 11.3 Å². The fourth-order valence-electron chi connectivity index (χ4n) is 3.71. The lowest BCUT2D eigenvalue weighted by Gasteiger charge is -2.15. The van der Waals surface area contributed by atoms with Crippen molar-refractivity contribution in [3.05, 3.63) is 87.5 Å². The van der Waals surface area contributed by atoms with Crippen LogP contribution in [-0.4, -0.2) is 25.5 Å². The average molecular weight is 415 g/mol. The summed E-state index contributed by atoms with van der Waals surface area (Å²) in [6.07, 6.45) is 0. The van der Waals surface area contributed by atoms with Crippen LogP contribution >= 0.6 is 0 Å². The SMILES string of the molecule is Cc1ccccc1CNC(=O)[C@H](C)n1nc(C)c2nn(-c3ccccc3)c(C)c2c1=O. The molecule has 4 rings (SSSR count). The lowest BCUT2D eigenvalue weighted by molar-refractivity contribution is -0.124. The van der Waals surface area contributed by atoms with Gasteiger partial charge in [0.1, 0.15) is 11.6 Å². The minimum atomic E-state index is -0.751. The van der Waals surface area contributed by atoms with Crippen molar-refractivity contribution < 1.29 is 4.79 Å². The van der Waals surface area contributed by atoms with Gasteiger partial charge < -0.3 is 5.32 Å². The van der Waals surface area contributed by atoms with Crippen LogP contribution in [0, 0.1) is 20.8 Å². The van der Waals surface area contributed by atoms with Gasteiger partial charge in [-0.25, -0.2) is 9.36 Å². The molecule has 0 bridgehead atoms. The number of carbonyl (C=O) groups excluding carboxylic acids is 1. The first-order valence-corrected chi connectivity index (χ1v) is 10.2. The molecule has 2 aromatic carbocycles. The van der Waals surface area contributed by atoms with Crippen LogP contribution in [0.25, 0.3) is 16.6 Å². The van der Waals surface area contributed by atoms with Crippen molar-refractivity contribution >= 4 is 16.8 Å². The molecule has 1 N–H and O–H groups in total. The van der Waals surface area contributed by atoms with E-state index in [1.165, 1.54) is 4.68 Å². The van der Waals surface area contributed by atoms with E-state index in [1.54, 1.807) is 18.5 Å². The van der Waals surface area contributed by atoms with Crippen molar-refractivity contribution in [2.24, 2.45) is 0 Å². The fraction of sp³-hybridized carbons (Fsp3) is 0.250. The Hall–Kier alpha value is -3.74. The molecule has 158 valence electrons. The van der Waals surface area contributed by atoms with Crippen LogP contribution in [0.2, 0.25) is 0 Å². The van der Waals surface area contributed by atoms with Crippen LogP contribution in [0.5, 0.6) is 0 Å². The third-order valence-corrected chi connectivity index (χ3v) is 5.60. The molecule has 0 aliphatic carbocycles. The van der Waals surface area contributed by atoms with Crippen molar-refractivity contribution in [3.63, 3.8) is 0 Å². The smallest absolute Gasteiger partial charge is 0.278 e. The van der Waals surface area contributed by atoms with Crippen LogP contribution < -0.4 is 10.9 Å². The number of aryl methyl sites for hydroxylation is 3. The highest BCUT2D eigenvalue weighted by Crippen LogP contribution is 2.20. The van der Waals surface area contributed by atoms with Crippen molar-refractivity contribution in [1.82, 2.24) is 24.9 Å². The predicted octanol–water partition coefficient (Wildman–Crippen LogP) is 3.38. The Balaban J connectivity index is 1.68. The van der Waals surface area contributed by atoms with Crippen LogP contribution in [0.15, 0.2) is 59.4 Å². The molecule has 0 aliphatic heterocycles. The van der Waals surface area contributed by atoms with E-state index in [9.17, 15) is 9.59 Å². The number of aromatic nitrogens is 4. The highest BCUT2D eigenvalue weighted by molar-refractivity contribution is 5.84. The number of hydrogen-bond acceptors (Lipinski definition) is 4. The van der Waals surface area contributed by atoms with Crippen LogP contribution in [0.3, 0.4) is 0 Å². The highest BCUT2D eigenvalue weighted by Gasteiger charge is 2.23. The van der Waals surface area contributed by atoms with Crippen molar-refractivity contribution in [2.75, 3.05) is 0 Å². The van der Waals surface area contributed by atoms with Gasteiger partial charge in [-0.05, 0) is 51.0 Å². The van der Waals surface area contributed by atoms with Gasteiger partial charge in [-0.1, -0.05) is 42.5 Å². The zero-order chi connectivity index (χ0) is 22.1. The third kappa shape index (κ3) is 3.74. The number of para-hydroxylation sites is 1. The molecule has 0 spiro atoms. The minimum Gasteiger partial charge on any atom is -0.350 e. The summed E-state index contributed by atoms with van der Waals surface area (Å²) in [4.78, 5) is 26.1. The molecule has 0 aliphatic rings. The molecule has 0 unspecified atom stereocenters. The number of benzene rings is 2. The van der Waals surface area contributed by atoms with E-state index in [0.29, 0.717) is 23.1 Å². The summed E-state index contributed by atoms with van der Waals surface area (Å²) in [6.45, 7) is 7.75. The Morgan fingerprint density at radius 2 is 1.68 bits per heavy atom. The average Bonchev–Trinajstić information content (AvgIpc) is 3.13. The summed E-state index contributed by atoms with van der Waals surface area (Å²) in [6, 6.07) is 16.8. The number of carbonyl (C=O) groups is 1. The molecule has 2 heterocycles. The topological polar surface area (TPSA) is 81.8 Å². The van der Waals surface area contributed by atoms with E-state index >= 15 is 0 Å². The zero-order valence-corrected chi connectivity index (χ0v) is 18.1. The molecule has 0 saturated heterocycles. The second-order valence-electron chi connectivity index (χ2n) is 7.71. The van der Waals surface area contributed by atoms with E-state index < -0.39 is 6.04 Å². The summed E-state index contributed by atoms with van der Waals surface area (Å²) in [5.74, 6) is -0.260. The number of hydrogen-bond donors (Lipinski definition) is 1. The molecular formula is C24H25N5O2. The maximum Gasteiger partial charge on any atom is 0.278 e. The maximum atomic E-state index is 13.3. The fourth-order valence-corrected chi connectivity index (χ4v) is 3.71. The molecule has 7 heteroatoms. The van der Waals surface area contributed by atoms with Gasteiger partial charge in [0.15, 0.2) is 0 Å². The number of nitrogens with one attached hydrogen (secondary N) is 1. The van der Waals surface area contributed by atoms with E-state index in [-0.39, 0.29) is 11.5 Å². The summed E-state index contributed by atoms with van der Waals surface area (Å²) < 4.78 is 3.00. The van der Waals surface area contributed by atoms with Gasteiger partial charge in [-0.2, -0.15) is 10.2 Å². The lowest BCUT2D eigenvalue weighted by Crippen LogP contribution is -2.37. The monoisotopic (exact) mass is 415 g/mol. The Bertz CT molecular complexity index is 1320. The van der Waals surface area contributed by atoms with Gasteiger partial charge in [0.25, 0.3) is 5.56 Å². The molecule has 7 nitrogen and oxygen atoms in total. The van der Waals surface area contributed by atoms with Gasteiger partial charge in [0, 0.05) is 6.54 Å². The Morgan fingerprint density at radius 1 is 1.00 bits per heavy atom. The van der Waals surface area contributed by atoms with Gasteiger partial charge in [-0.3, -0.25) is 9.59 Å². The second kappa shape index (κ2) is 8.18. The van der Waals surface area contributed by atoms with Gasteiger partial charge in [0.2, 0.25) is 5.91 Å². The van der Waals surface area contributed by atoms with Gasteiger partial charge in [-0.15, -0.1) is 0 Å².